The van der Waals surface area contributed by atoms with Gasteiger partial charge in [-0.25, -0.2) is 14.5 Å². The molecule has 1 aliphatic heterocycles. The molecule has 1 aromatic carbocycles. The van der Waals surface area contributed by atoms with E-state index in [1.165, 1.54) is 0 Å². The number of hydrogen-bond acceptors (Lipinski definition) is 4. The van der Waals surface area contributed by atoms with Crippen LogP contribution >= 0.6 is 0 Å². The maximum atomic E-state index is 12.1. The minimum Gasteiger partial charge on any atom is -0.465 e. The van der Waals surface area contributed by atoms with Gasteiger partial charge in [-0.3, -0.25) is 4.79 Å². The highest BCUT2D eigenvalue weighted by atomic mass is 16.6. The first-order valence-corrected chi connectivity index (χ1v) is 7.78. The molecule has 0 spiro atoms. The van der Waals surface area contributed by atoms with Gasteiger partial charge in [0.2, 0.25) is 5.91 Å². The summed E-state index contributed by atoms with van der Waals surface area (Å²) in [5, 5.41) is 12.2. The fourth-order valence-electron chi connectivity index (χ4n) is 2.76. The largest absolute Gasteiger partial charge is 0.465 e. The van der Waals surface area contributed by atoms with E-state index < -0.39 is 35.8 Å². The summed E-state index contributed by atoms with van der Waals surface area (Å²) in [5.41, 5.74) is -0.0162. The van der Waals surface area contributed by atoms with Crippen LogP contribution in [0.2, 0.25) is 0 Å². The Balaban J connectivity index is 2.29. The van der Waals surface area contributed by atoms with Gasteiger partial charge < -0.3 is 15.2 Å². The van der Waals surface area contributed by atoms with Gasteiger partial charge in [0.05, 0.1) is 12.1 Å². The second kappa shape index (κ2) is 6.90. The highest BCUT2D eigenvalue weighted by Crippen LogP contribution is 2.32. The third kappa shape index (κ3) is 4.24. The summed E-state index contributed by atoms with van der Waals surface area (Å²) in [5.74, 6) is -0.474. The summed E-state index contributed by atoms with van der Waals surface area (Å²) < 4.78 is 5.25. The summed E-state index contributed by atoms with van der Waals surface area (Å²) in [7, 11) is 0. The van der Waals surface area contributed by atoms with Gasteiger partial charge in [-0.1, -0.05) is 30.3 Å². The van der Waals surface area contributed by atoms with Crippen molar-refractivity contribution in [1.29, 1.82) is 0 Å². The van der Waals surface area contributed by atoms with Crippen LogP contribution in [-0.2, 0) is 9.53 Å². The lowest BCUT2D eigenvalue weighted by molar-refractivity contribution is -0.134. The second-order valence-corrected chi connectivity index (χ2v) is 6.69. The number of alkyl carbamates (subject to hydrolysis) is 1. The molecule has 2 N–H and O–H groups in total. The molecule has 2 rings (SSSR count). The molecular formula is C17H22N2O5. The molecule has 0 aliphatic carbocycles. The first kappa shape index (κ1) is 17.8. The van der Waals surface area contributed by atoms with Gasteiger partial charge in [0.15, 0.2) is 0 Å². The van der Waals surface area contributed by atoms with Gasteiger partial charge in [-0.05, 0) is 32.8 Å². The number of imide groups is 1. The van der Waals surface area contributed by atoms with Crippen LogP contribution in [0.3, 0.4) is 0 Å². The van der Waals surface area contributed by atoms with Crippen molar-refractivity contribution in [3.8, 4) is 0 Å². The van der Waals surface area contributed by atoms with E-state index in [9.17, 15) is 19.5 Å². The quantitative estimate of drug-likeness (QED) is 0.867. The lowest BCUT2D eigenvalue weighted by Crippen LogP contribution is -2.54. The zero-order chi connectivity index (χ0) is 17.9. The topological polar surface area (TPSA) is 95.9 Å². The molecule has 0 radical (unpaired) electrons. The Labute approximate surface area is 140 Å². The molecule has 1 aliphatic rings. The Morgan fingerprint density at radius 2 is 1.88 bits per heavy atom. The van der Waals surface area contributed by atoms with E-state index in [2.05, 4.69) is 5.32 Å². The molecule has 2 unspecified atom stereocenters. The molecule has 1 aromatic rings. The third-order valence-electron chi connectivity index (χ3n) is 3.65. The minimum atomic E-state index is -1.33. The first-order valence-electron chi connectivity index (χ1n) is 7.78. The van der Waals surface area contributed by atoms with E-state index in [-0.39, 0.29) is 6.42 Å². The number of amides is 3. The number of ether oxygens (including phenoxy) is 1. The van der Waals surface area contributed by atoms with Crippen molar-refractivity contribution in [2.45, 2.75) is 51.3 Å². The number of carboxylic acid groups (broad SMARTS) is 1. The summed E-state index contributed by atoms with van der Waals surface area (Å²) >= 11 is 0. The zero-order valence-corrected chi connectivity index (χ0v) is 14.0. The molecular weight excluding hydrogens is 312 g/mol. The fourth-order valence-corrected chi connectivity index (χ4v) is 2.76. The predicted octanol–water partition coefficient (Wildman–Crippen LogP) is 2.92. The van der Waals surface area contributed by atoms with Gasteiger partial charge in [-0.2, -0.15) is 0 Å². The Hall–Kier alpha value is -2.57. The van der Waals surface area contributed by atoms with Crippen LogP contribution in [0.5, 0.6) is 0 Å². The van der Waals surface area contributed by atoms with Gasteiger partial charge in [-0.15, -0.1) is 0 Å². The van der Waals surface area contributed by atoms with Crippen molar-refractivity contribution in [2.24, 2.45) is 0 Å². The van der Waals surface area contributed by atoms with Crippen LogP contribution in [0.25, 0.3) is 0 Å². The SMILES string of the molecule is CC(C)(C)OC(=O)NC1CCC(=O)N(C(=O)O)C1c1ccccc1. The number of nitrogens with one attached hydrogen (secondary N) is 1. The van der Waals surface area contributed by atoms with E-state index in [0.717, 1.165) is 4.90 Å². The third-order valence-corrected chi connectivity index (χ3v) is 3.65. The number of nitrogens with zero attached hydrogens (tertiary/aromatic N) is 1. The Kier molecular flexibility index (Phi) is 5.11. The summed E-state index contributed by atoms with van der Waals surface area (Å²) in [4.78, 5) is 36.5. The highest BCUT2D eigenvalue weighted by molar-refractivity contribution is 5.92. The number of benzene rings is 1. The maximum Gasteiger partial charge on any atom is 0.414 e. The normalized spacial score (nSPS) is 21.3. The monoisotopic (exact) mass is 334 g/mol. The minimum absolute atomic E-state index is 0.0517. The lowest BCUT2D eigenvalue weighted by atomic mass is 9.90. The number of hydrogen-bond donors (Lipinski definition) is 2. The number of rotatable bonds is 2. The van der Waals surface area contributed by atoms with E-state index in [0.29, 0.717) is 12.0 Å². The van der Waals surface area contributed by atoms with Crippen molar-refractivity contribution in [1.82, 2.24) is 10.2 Å². The van der Waals surface area contributed by atoms with Crippen LogP contribution in [0.15, 0.2) is 30.3 Å². The average Bonchev–Trinajstić information content (AvgIpc) is 2.47. The van der Waals surface area contributed by atoms with Crippen molar-refractivity contribution in [3.05, 3.63) is 35.9 Å². The first-order chi connectivity index (χ1) is 11.2. The maximum absolute atomic E-state index is 12.1. The molecule has 1 saturated heterocycles. The number of piperidine rings is 1. The van der Waals surface area contributed by atoms with Crippen LogP contribution in [-0.4, -0.2) is 39.7 Å². The Morgan fingerprint density at radius 3 is 2.42 bits per heavy atom. The summed E-state index contributed by atoms with van der Waals surface area (Å²) in [6.07, 6.45) is -1.56. The molecule has 7 heteroatoms. The molecule has 2 atom stereocenters. The lowest BCUT2D eigenvalue weighted by Gasteiger charge is -2.39. The van der Waals surface area contributed by atoms with Gasteiger partial charge >= 0.3 is 12.2 Å². The van der Waals surface area contributed by atoms with Crippen LogP contribution in [0.4, 0.5) is 9.59 Å². The molecule has 7 nitrogen and oxygen atoms in total. The molecule has 1 fully saturated rings. The Morgan fingerprint density at radius 1 is 1.25 bits per heavy atom. The molecule has 24 heavy (non-hydrogen) atoms. The van der Waals surface area contributed by atoms with E-state index in [4.69, 9.17) is 4.74 Å². The molecule has 0 aromatic heterocycles. The summed E-state index contributed by atoms with van der Waals surface area (Å²) in [6, 6.07) is 7.48. The fraction of sp³-hybridized carbons (Fsp3) is 0.471. The number of likely N-dealkylation sites (tertiary alicyclic amines) is 1. The van der Waals surface area contributed by atoms with Crippen LogP contribution < -0.4 is 5.32 Å². The van der Waals surface area contributed by atoms with E-state index in [1.54, 1.807) is 51.1 Å². The van der Waals surface area contributed by atoms with E-state index >= 15 is 0 Å². The predicted molar refractivity (Wildman–Crippen MR) is 86.4 cm³/mol. The second-order valence-electron chi connectivity index (χ2n) is 6.69. The van der Waals surface area contributed by atoms with Gasteiger partial charge in [0.25, 0.3) is 0 Å². The van der Waals surface area contributed by atoms with Crippen molar-refractivity contribution in [2.75, 3.05) is 0 Å². The number of carbonyl (C=O) groups is 3. The molecule has 1 heterocycles. The molecule has 0 bridgehead atoms. The molecule has 3 amide bonds. The van der Waals surface area contributed by atoms with Crippen molar-refractivity contribution < 1.29 is 24.2 Å². The molecule has 130 valence electrons. The smallest absolute Gasteiger partial charge is 0.414 e. The number of carbonyl (C=O) groups excluding carboxylic acids is 2. The Bertz CT molecular complexity index is 624. The zero-order valence-electron chi connectivity index (χ0n) is 14.0. The van der Waals surface area contributed by atoms with E-state index in [1.807, 2.05) is 0 Å². The average molecular weight is 334 g/mol. The standard InChI is InChI=1S/C17H22N2O5/c1-17(2,3)24-15(21)18-12-9-10-13(20)19(16(22)23)14(12)11-7-5-4-6-8-11/h4-8,12,14H,9-10H2,1-3H3,(H,18,21)(H,22,23). The highest BCUT2D eigenvalue weighted by Gasteiger charge is 2.41. The van der Waals surface area contributed by atoms with Crippen LogP contribution in [0, 0.1) is 0 Å². The summed E-state index contributed by atoms with van der Waals surface area (Å²) in [6.45, 7) is 5.24. The van der Waals surface area contributed by atoms with Crippen molar-refractivity contribution >= 4 is 18.1 Å². The molecule has 0 saturated carbocycles. The van der Waals surface area contributed by atoms with Crippen molar-refractivity contribution in [3.63, 3.8) is 0 Å². The van der Waals surface area contributed by atoms with Gasteiger partial charge in [0, 0.05) is 6.42 Å². The van der Waals surface area contributed by atoms with Gasteiger partial charge in [0.1, 0.15) is 5.60 Å². The van der Waals surface area contributed by atoms with Crippen LogP contribution in [0.1, 0.15) is 45.2 Å².